The van der Waals surface area contributed by atoms with E-state index < -0.39 is 10.0 Å². The van der Waals surface area contributed by atoms with Crippen LogP contribution in [0.5, 0.6) is 0 Å². The number of piperazine rings is 1. The average Bonchev–Trinajstić information content (AvgIpc) is 3.17. The Hall–Kier alpha value is -2.78. The quantitative estimate of drug-likeness (QED) is 0.605. The van der Waals surface area contributed by atoms with E-state index in [0.717, 1.165) is 42.3 Å². The largest absolute Gasteiger partial charge is 0.354 e. The zero-order valence-corrected chi connectivity index (χ0v) is 19.3. The van der Waals surface area contributed by atoms with Crippen molar-refractivity contribution >= 4 is 15.8 Å². The Morgan fingerprint density at radius 3 is 2.28 bits per heavy atom. The number of sulfonamides is 1. The van der Waals surface area contributed by atoms with Crippen LogP contribution >= 0.6 is 0 Å². The van der Waals surface area contributed by atoms with Gasteiger partial charge in [-0.05, 0) is 62.8 Å². The van der Waals surface area contributed by atoms with Gasteiger partial charge < -0.3 is 4.90 Å². The first-order chi connectivity index (χ1) is 15.4. The minimum Gasteiger partial charge on any atom is -0.354 e. The van der Waals surface area contributed by atoms with E-state index in [4.69, 9.17) is 0 Å². The van der Waals surface area contributed by atoms with Gasteiger partial charge >= 0.3 is 0 Å². The standard InChI is InChI=1S/C23H28N6O2S/c1-17-18(2)29(16-26-17)23-14-22(24-15-25-23)27-9-11-28(12-10-27)32(30,31)21-8-7-19-5-3-4-6-20(19)13-21/h7-8,13-16H,3-6,9-12H2,1-2H3. The molecule has 8 nitrogen and oxygen atoms in total. The Balaban J connectivity index is 1.31. The number of hydrogen-bond donors (Lipinski definition) is 0. The topological polar surface area (TPSA) is 84.2 Å². The second kappa shape index (κ2) is 8.29. The number of aryl methyl sites for hydroxylation is 3. The molecule has 0 atom stereocenters. The van der Waals surface area contributed by atoms with Crippen molar-refractivity contribution in [3.63, 3.8) is 0 Å². The number of anilines is 1. The lowest BCUT2D eigenvalue weighted by Gasteiger charge is -2.34. The van der Waals surface area contributed by atoms with Crippen molar-refractivity contribution in [3.05, 3.63) is 59.4 Å². The van der Waals surface area contributed by atoms with Crippen LogP contribution in [0.2, 0.25) is 0 Å². The third-order valence-electron chi connectivity index (χ3n) is 6.66. The number of aromatic nitrogens is 4. The highest BCUT2D eigenvalue weighted by molar-refractivity contribution is 7.89. The second-order valence-electron chi connectivity index (χ2n) is 8.55. The first-order valence-electron chi connectivity index (χ1n) is 11.1. The molecule has 5 rings (SSSR count). The van der Waals surface area contributed by atoms with E-state index in [-0.39, 0.29) is 0 Å². The van der Waals surface area contributed by atoms with Crippen LogP contribution in [-0.2, 0) is 22.9 Å². The van der Waals surface area contributed by atoms with Gasteiger partial charge in [-0.1, -0.05) is 6.07 Å². The summed E-state index contributed by atoms with van der Waals surface area (Å²) in [6, 6.07) is 7.60. The summed E-state index contributed by atoms with van der Waals surface area (Å²) >= 11 is 0. The highest BCUT2D eigenvalue weighted by Crippen LogP contribution is 2.27. The van der Waals surface area contributed by atoms with Crippen molar-refractivity contribution < 1.29 is 8.42 Å². The molecule has 0 bridgehead atoms. The fourth-order valence-corrected chi connectivity index (χ4v) is 6.02. The molecule has 1 aliphatic heterocycles. The van der Waals surface area contributed by atoms with Gasteiger partial charge in [0.15, 0.2) is 0 Å². The van der Waals surface area contributed by atoms with Gasteiger partial charge in [0.25, 0.3) is 0 Å². The smallest absolute Gasteiger partial charge is 0.243 e. The van der Waals surface area contributed by atoms with Crippen LogP contribution in [0.15, 0.2) is 41.8 Å². The van der Waals surface area contributed by atoms with Crippen LogP contribution in [0, 0.1) is 13.8 Å². The molecule has 32 heavy (non-hydrogen) atoms. The Morgan fingerprint density at radius 1 is 0.844 bits per heavy atom. The van der Waals surface area contributed by atoms with Gasteiger partial charge in [0.05, 0.1) is 10.6 Å². The summed E-state index contributed by atoms with van der Waals surface area (Å²) in [5.41, 5.74) is 4.49. The zero-order chi connectivity index (χ0) is 22.3. The Bertz CT molecular complexity index is 1250. The van der Waals surface area contributed by atoms with Crippen LogP contribution in [-0.4, -0.2) is 58.4 Å². The average molecular weight is 453 g/mol. The first-order valence-corrected chi connectivity index (χ1v) is 12.6. The van der Waals surface area contributed by atoms with Crippen molar-refractivity contribution in [2.24, 2.45) is 0 Å². The molecule has 0 N–H and O–H groups in total. The van der Waals surface area contributed by atoms with Crippen molar-refractivity contribution in [1.82, 2.24) is 23.8 Å². The van der Waals surface area contributed by atoms with Gasteiger partial charge in [0.2, 0.25) is 10.0 Å². The van der Waals surface area contributed by atoms with Crippen molar-refractivity contribution in [2.75, 3.05) is 31.1 Å². The highest BCUT2D eigenvalue weighted by Gasteiger charge is 2.30. The van der Waals surface area contributed by atoms with Gasteiger partial charge in [0.1, 0.15) is 24.3 Å². The number of imidazole rings is 1. The minimum absolute atomic E-state index is 0.418. The normalized spacial score (nSPS) is 17.4. The Labute approximate surface area is 189 Å². The molecule has 0 radical (unpaired) electrons. The molecule has 1 fully saturated rings. The number of benzene rings is 1. The fourth-order valence-electron chi connectivity index (χ4n) is 4.55. The molecule has 2 aliphatic rings. The molecule has 3 aromatic rings. The third-order valence-corrected chi connectivity index (χ3v) is 8.55. The molecule has 0 saturated carbocycles. The van der Waals surface area contributed by atoms with E-state index in [2.05, 4.69) is 19.9 Å². The van der Waals surface area contributed by atoms with Gasteiger partial charge in [-0.25, -0.2) is 23.4 Å². The summed E-state index contributed by atoms with van der Waals surface area (Å²) in [6.45, 7) is 6.01. The van der Waals surface area contributed by atoms with Gasteiger partial charge in [0, 0.05) is 37.9 Å². The van der Waals surface area contributed by atoms with Crippen molar-refractivity contribution in [3.8, 4) is 5.82 Å². The molecule has 0 spiro atoms. The summed E-state index contributed by atoms with van der Waals surface area (Å²) in [5.74, 6) is 1.56. The summed E-state index contributed by atoms with van der Waals surface area (Å²) in [6.07, 6.45) is 7.65. The maximum absolute atomic E-state index is 13.3. The van der Waals surface area contributed by atoms with Crippen LogP contribution < -0.4 is 4.90 Å². The lowest BCUT2D eigenvalue weighted by atomic mass is 9.92. The number of hydrogen-bond acceptors (Lipinski definition) is 6. The maximum Gasteiger partial charge on any atom is 0.243 e. The monoisotopic (exact) mass is 452 g/mol. The molecule has 0 unspecified atom stereocenters. The lowest BCUT2D eigenvalue weighted by Crippen LogP contribution is -2.49. The molecule has 1 saturated heterocycles. The van der Waals surface area contributed by atoms with E-state index in [0.29, 0.717) is 31.1 Å². The number of fused-ring (bicyclic) bond motifs is 1. The second-order valence-corrected chi connectivity index (χ2v) is 10.5. The molecule has 2 aromatic heterocycles. The molecule has 168 valence electrons. The van der Waals surface area contributed by atoms with Crippen LogP contribution in [0.1, 0.15) is 35.4 Å². The predicted molar refractivity (Wildman–Crippen MR) is 123 cm³/mol. The van der Waals surface area contributed by atoms with Crippen molar-refractivity contribution in [2.45, 2.75) is 44.4 Å². The van der Waals surface area contributed by atoms with E-state index in [1.54, 1.807) is 23.0 Å². The van der Waals surface area contributed by atoms with Gasteiger partial charge in [-0.3, -0.25) is 4.57 Å². The van der Waals surface area contributed by atoms with E-state index in [1.807, 2.05) is 36.6 Å². The molecular formula is C23H28N6O2S. The maximum atomic E-state index is 13.3. The van der Waals surface area contributed by atoms with Crippen LogP contribution in [0.25, 0.3) is 5.82 Å². The lowest BCUT2D eigenvalue weighted by molar-refractivity contribution is 0.383. The minimum atomic E-state index is -3.49. The summed E-state index contributed by atoms with van der Waals surface area (Å²) in [7, 11) is -3.49. The van der Waals surface area contributed by atoms with Crippen molar-refractivity contribution in [1.29, 1.82) is 0 Å². The Morgan fingerprint density at radius 2 is 1.56 bits per heavy atom. The van der Waals surface area contributed by atoms with Crippen LogP contribution in [0.3, 0.4) is 0 Å². The number of rotatable bonds is 4. The molecular weight excluding hydrogens is 424 g/mol. The molecule has 1 aliphatic carbocycles. The van der Waals surface area contributed by atoms with Gasteiger partial charge in [-0.2, -0.15) is 4.31 Å². The number of nitrogens with zero attached hydrogens (tertiary/aromatic N) is 6. The summed E-state index contributed by atoms with van der Waals surface area (Å²) < 4.78 is 30.1. The van der Waals surface area contributed by atoms with E-state index >= 15 is 0 Å². The van der Waals surface area contributed by atoms with E-state index in [9.17, 15) is 8.42 Å². The SMILES string of the molecule is Cc1ncn(-c2cc(N3CCN(S(=O)(=O)c4ccc5c(c4)CCCC5)CC3)ncn2)c1C. The molecule has 9 heteroatoms. The molecule has 1 aromatic carbocycles. The van der Waals surface area contributed by atoms with E-state index in [1.165, 1.54) is 17.5 Å². The molecule has 3 heterocycles. The first kappa shape index (κ1) is 21.1. The van der Waals surface area contributed by atoms with Crippen LogP contribution in [0.4, 0.5) is 5.82 Å². The highest BCUT2D eigenvalue weighted by atomic mass is 32.2. The fraction of sp³-hybridized carbons (Fsp3) is 0.435. The summed E-state index contributed by atoms with van der Waals surface area (Å²) in [4.78, 5) is 15.7. The molecule has 0 amide bonds. The van der Waals surface area contributed by atoms with Gasteiger partial charge in [-0.15, -0.1) is 0 Å². The third kappa shape index (κ3) is 3.80. The predicted octanol–water partition coefficient (Wildman–Crippen LogP) is 2.67. The zero-order valence-electron chi connectivity index (χ0n) is 18.5. The summed E-state index contributed by atoms with van der Waals surface area (Å²) in [5, 5.41) is 0. The Kier molecular flexibility index (Phi) is 5.46.